The number of rotatable bonds is 6. The van der Waals surface area contributed by atoms with Gasteiger partial charge in [0.1, 0.15) is 12.0 Å². The van der Waals surface area contributed by atoms with Gasteiger partial charge in [-0.05, 0) is 49.2 Å². The quantitative estimate of drug-likeness (QED) is 0.337. The fraction of sp³-hybridized carbons (Fsp3) is 0.154. The molecule has 0 amide bonds. The van der Waals surface area contributed by atoms with Gasteiger partial charge in [-0.1, -0.05) is 6.07 Å². The summed E-state index contributed by atoms with van der Waals surface area (Å²) in [5.41, 5.74) is -2.89. The highest BCUT2D eigenvalue weighted by Gasteiger charge is 2.25. The number of benzene rings is 1. The summed E-state index contributed by atoms with van der Waals surface area (Å²) in [4.78, 5) is 67.1. The number of hydrogen-bond acceptors (Lipinski definition) is 10. The van der Waals surface area contributed by atoms with E-state index in [1.807, 2.05) is 0 Å². The molecule has 5 rings (SSSR count). The zero-order chi connectivity index (χ0) is 27.5. The van der Waals surface area contributed by atoms with Crippen LogP contribution in [0.3, 0.4) is 0 Å². The van der Waals surface area contributed by atoms with Crippen molar-refractivity contribution in [2.75, 3.05) is 6.61 Å². The molecule has 0 spiro atoms. The summed E-state index contributed by atoms with van der Waals surface area (Å²) < 4.78 is 36.1. The van der Waals surface area contributed by atoms with Gasteiger partial charge in [0.05, 0.1) is 18.0 Å². The Morgan fingerprint density at radius 3 is 2.56 bits per heavy atom. The van der Waals surface area contributed by atoms with E-state index in [9.17, 15) is 28.4 Å². The van der Waals surface area contributed by atoms with E-state index in [2.05, 4.69) is 4.98 Å². The number of ether oxygens (including phenoxy) is 3. The second kappa shape index (κ2) is 10.7. The lowest BCUT2D eigenvalue weighted by molar-refractivity contribution is 0.0501. The van der Waals surface area contributed by atoms with Crippen molar-refractivity contribution in [3.63, 3.8) is 0 Å². The summed E-state index contributed by atoms with van der Waals surface area (Å²) in [7, 11) is 0. The summed E-state index contributed by atoms with van der Waals surface area (Å²) >= 11 is 0. The maximum Gasteiger partial charge on any atom is 0.379 e. The van der Waals surface area contributed by atoms with Crippen molar-refractivity contribution in [1.29, 1.82) is 0 Å². The molecule has 1 aliphatic heterocycles. The van der Waals surface area contributed by atoms with Gasteiger partial charge in [0, 0.05) is 24.4 Å². The number of furan rings is 1. The van der Waals surface area contributed by atoms with Crippen molar-refractivity contribution < 1.29 is 37.4 Å². The van der Waals surface area contributed by atoms with Gasteiger partial charge in [-0.2, -0.15) is 8.96 Å². The number of pyridine rings is 1. The zero-order valence-electron chi connectivity index (χ0n) is 19.9. The van der Waals surface area contributed by atoms with E-state index in [4.69, 9.17) is 18.6 Å². The van der Waals surface area contributed by atoms with Gasteiger partial charge in [0.2, 0.25) is 17.5 Å². The summed E-state index contributed by atoms with van der Waals surface area (Å²) in [6.45, 7) is 0.347. The average molecular weight is 535 g/mol. The minimum absolute atomic E-state index is 0.0196. The molecule has 0 bridgehead atoms. The van der Waals surface area contributed by atoms with Gasteiger partial charge < -0.3 is 18.6 Å². The summed E-state index contributed by atoms with van der Waals surface area (Å²) in [6.07, 6.45) is 3.48. The number of halogens is 1. The highest BCUT2D eigenvalue weighted by atomic mass is 19.1. The molecule has 12 nitrogen and oxygen atoms in total. The molecule has 4 aromatic rings. The summed E-state index contributed by atoms with van der Waals surface area (Å²) in [5, 5.41) is 0. The molecule has 1 fully saturated rings. The molecule has 198 valence electrons. The third-order valence-corrected chi connectivity index (χ3v) is 5.67. The zero-order valence-corrected chi connectivity index (χ0v) is 19.9. The Bertz CT molecular complexity index is 1690. The monoisotopic (exact) mass is 535 g/mol. The van der Waals surface area contributed by atoms with Gasteiger partial charge in [0.15, 0.2) is 0 Å². The normalized spacial score (nSPS) is 14.6. The van der Waals surface area contributed by atoms with Crippen LogP contribution in [0.25, 0.3) is 0 Å². The lowest BCUT2D eigenvalue weighted by atomic mass is 10.1. The highest BCUT2D eigenvalue weighted by molar-refractivity contribution is 5.99. The molecule has 3 aromatic heterocycles. The molecule has 1 atom stereocenters. The third-order valence-electron chi connectivity index (χ3n) is 5.67. The summed E-state index contributed by atoms with van der Waals surface area (Å²) in [6, 6.07) is 10.4. The van der Waals surface area contributed by atoms with E-state index in [-0.39, 0.29) is 33.1 Å². The van der Waals surface area contributed by atoms with Crippen LogP contribution in [-0.2, 0) is 4.74 Å². The Morgan fingerprint density at radius 2 is 1.82 bits per heavy atom. The molecule has 0 aliphatic carbocycles. The second-order valence-electron chi connectivity index (χ2n) is 8.25. The minimum Gasteiger partial charge on any atom is -0.457 e. The van der Waals surface area contributed by atoms with Crippen molar-refractivity contribution >= 4 is 17.8 Å². The Balaban J connectivity index is 1.37. The van der Waals surface area contributed by atoms with Crippen LogP contribution in [0.2, 0.25) is 0 Å². The maximum atomic E-state index is 14.4. The predicted octanol–water partition coefficient (Wildman–Crippen LogP) is 2.57. The first-order valence-corrected chi connectivity index (χ1v) is 11.6. The maximum absolute atomic E-state index is 14.4. The van der Waals surface area contributed by atoms with Crippen molar-refractivity contribution in [3.8, 4) is 11.6 Å². The number of aromatic nitrogens is 3. The molecule has 1 aliphatic rings. The molecule has 39 heavy (non-hydrogen) atoms. The van der Waals surface area contributed by atoms with Crippen molar-refractivity contribution in [2.24, 2.45) is 0 Å². The number of hydrogen-bond donors (Lipinski definition) is 0. The van der Waals surface area contributed by atoms with Crippen LogP contribution >= 0.6 is 0 Å². The molecule has 0 N–H and O–H groups in total. The van der Waals surface area contributed by atoms with Crippen LogP contribution in [0.5, 0.6) is 11.6 Å². The van der Waals surface area contributed by atoms with Gasteiger partial charge in [-0.25, -0.2) is 19.4 Å². The van der Waals surface area contributed by atoms with Gasteiger partial charge in [-0.15, -0.1) is 0 Å². The minimum atomic E-state index is -1.43. The van der Waals surface area contributed by atoms with Crippen LogP contribution in [0.1, 0.15) is 50.3 Å². The van der Waals surface area contributed by atoms with Crippen LogP contribution in [0.4, 0.5) is 4.39 Å². The third kappa shape index (κ3) is 5.29. The molecule has 1 unspecified atom stereocenters. The Morgan fingerprint density at radius 1 is 1.00 bits per heavy atom. The Hall–Kier alpha value is -5.17. The van der Waals surface area contributed by atoms with E-state index in [1.54, 1.807) is 0 Å². The molecular formula is C26H18FN3O9. The molecule has 13 heteroatoms. The molecule has 4 heterocycles. The number of carbonyl (C=O) groups is 3. The average Bonchev–Trinajstić information content (AvgIpc) is 3.66. The topological polar surface area (TPSA) is 149 Å². The van der Waals surface area contributed by atoms with Crippen LogP contribution < -0.4 is 20.7 Å². The lowest BCUT2D eigenvalue weighted by Gasteiger charge is -2.15. The summed E-state index contributed by atoms with van der Waals surface area (Å²) in [5.74, 6) is -4.42. The van der Waals surface area contributed by atoms with Crippen LogP contribution in [-0.4, -0.2) is 38.6 Å². The SMILES string of the molecule is O=C(Oc1cc(OC(=O)c2ccco2)ccn1)c1cccc(C(=O)n2c(=O)c(F)cn(C3CCCO3)c2=O)c1. The second-order valence-corrected chi connectivity index (χ2v) is 8.25. The van der Waals surface area contributed by atoms with E-state index < -0.39 is 41.1 Å². The van der Waals surface area contributed by atoms with Crippen molar-refractivity contribution in [1.82, 2.24) is 14.1 Å². The predicted molar refractivity (Wildman–Crippen MR) is 128 cm³/mol. The molecule has 1 aromatic carbocycles. The van der Waals surface area contributed by atoms with Crippen molar-refractivity contribution in [2.45, 2.75) is 19.1 Å². The van der Waals surface area contributed by atoms with Crippen molar-refractivity contribution in [3.05, 3.63) is 111 Å². The standard InChI is InChI=1S/C26H18FN3O9/c27-18-14-29(21-7-3-11-37-21)26(35)30(23(18)32)22(31)15-4-1-5-16(12-15)24(33)39-20-13-17(8-9-28-20)38-25(34)19-6-2-10-36-19/h1-2,4-6,8-10,12-14,21H,3,7,11H2. The highest BCUT2D eigenvalue weighted by Crippen LogP contribution is 2.21. The van der Waals surface area contributed by atoms with Gasteiger partial charge in [0.25, 0.3) is 11.5 Å². The van der Waals surface area contributed by atoms with Gasteiger partial charge >= 0.3 is 17.6 Å². The first-order valence-electron chi connectivity index (χ1n) is 11.6. The number of esters is 2. The number of carbonyl (C=O) groups excluding carboxylic acids is 3. The van der Waals surface area contributed by atoms with E-state index in [0.717, 1.165) is 10.6 Å². The lowest BCUT2D eigenvalue weighted by Crippen LogP contribution is -2.46. The Labute approximate surface area is 217 Å². The number of nitrogens with zero attached hydrogens (tertiary/aromatic N) is 3. The first-order chi connectivity index (χ1) is 18.8. The van der Waals surface area contributed by atoms with E-state index in [0.29, 0.717) is 25.6 Å². The van der Waals surface area contributed by atoms with E-state index in [1.165, 1.54) is 54.9 Å². The molecule has 1 saturated heterocycles. The van der Waals surface area contributed by atoms with Crippen LogP contribution in [0, 0.1) is 5.82 Å². The fourth-order valence-corrected chi connectivity index (χ4v) is 3.83. The van der Waals surface area contributed by atoms with Crippen LogP contribution in [0.15, 0.2) is 81.2 Å². The van der Waals surface area contributed by atoms with E-state index >= 15 is 0 Å². The van der Waals surface area contributed by atoms with Gasteiger partial charge in [-0.3, -0.25) is 14.2 Å². The Kier molecular flexibility index (Phi) is 6.97. The molecular weight excluding hydrogens is 517 g/mol. The first kappa shape index (κ1) is 25.5. The molecule has 0 saturated carbocycles. The fourth-order valence-electron chi connectivity index (χ4n) is 3.83. The smallest absolute Gasteiger partial charge is 0.379 e. The largest absolute Gasteiger partial charge is 0.457 e. The molecule has 0 radical (unpaired) electrons.